The number of amides is 1. The maximum absolute atomic E-state index is 12.6. The second-order valence-corrected chi connectivity index (χ2v) is 6.68. The fourth-order valence-corrected chi connectivity index (χ4v) is 3.02. The lowest BCUT2D eigenvalue weighted by Gasteiger charge is -2.10. The molecular formula is C23H19N3O3. The number of benzene rings is 3. The van der Waals surface area contributed by atoms with E-state index in [1.165, 1.54) is 6.33 Å². The number of aryl methyl sites for hydroxylation is 1. The topological polar surface area (TPSA) is 73.2 Å². The lowest BCUT2D eigenvalue weighted by molar-refractivity contribution is 0.101. The van der Waals surface area contributed by atoms with Crippen LogP contribution in [-0.2, 0) is 6.61 Å². The van der Waals surface area contributed by atoms with E-state index in [0.717, 1.165) is 15.8 Å². The summed E-state index contributed by atoms with van der Waals surface area (Å²) in [6.45, 7) is 2.43. The Kier molecular flexibility index (Phi) is 5.07. The van der Waals surface area contributed by atoms with Crippen LogP contribution in [0, 0.1) is 6.92 Å². The second kappa shape index (κ2) is 7.98. The first-order valence-corrected chi connectivity index (χ1v) is 9.16. The van der Waals surface area contributed by atoms with Crippen LogP contribution < -0.4 is 15.7 Å². The van der Waals surface area contributed by atoms with Gasteiger partial charge < -0.3 is 4.74 Å². The molecule has 0 radical (unpaired) electrons. The maximum atomic E-state index is 12.6. The Bertz CT molecular complexity index is 1250. The van der Waals surface area contributed by atoms with Gasteiger partial charge in [-0.1, -0.05) is 48.0 Å². The van der Waals surface area contributed by atoms with E-state index in [2.05, 4.69) is 16.5 Å². The molecule has 0 aliphatic heterocycles. The van der Waals surface area contributed by atoms with E-state index in [1.807, 2.05) is 25.1 Å². The fourth-order valence-electron chi connectivity index (χ4n) is 3.02. The molecule has 0 unspecified atom stereocenters. The molecule has 0 atom stereocenters. The molecule has 1 N–H and O–H groups in total. The van der Waals surface area contributed by atoms with Crippen molar-refractivity contribution < 1.29 is 9.53 Å². The van der Waals surface area contributed by atoms with Crippen molar-refractivity contribution >= 4 is 16.8 Å². The predicted octanol–water partition coefficient (Wildman–Crippen LogP) is 3.67. The van der Waals surface area contributed by atoms with Gasteiger partial charge in [-0.05, 0) is 42.8 Å². The third-order valence-corrected chi connectivity index (χ3v) is 4.47. The van der Waals surface area contributed by atoms with E-state index in [1.54, 1.807) is 48.5 Å². The number of hydrogen-bond donors (Lipinski definition) is 1. The minimum atomic E-state index is -0.426. The SMILES string of the molecule is Cc1cccc(COc2cccc(C(=O)Nn3cnc4ccccc4c3=O)c2)c1. The zero-order chi connectivity index (χ0) is 20.2. The molecule has 144 valence electrons. The van der Waals surface area contributed by atoms with Crippen molar-refractivity contribution in [2.24, 2.45) is 0 Å². The minimum Gasteiger partial charge on any atom is -0.489 e. The van der Waals surface area contributed by atoms with Crippen molar-refractivity contribution in [3.05, 3.63) is 106 Å². The van der Waals surface area contributed by atoms with E-state index < -0.39 is 5.91 Å². The molecule has 4 rings (SSSR count). The van der Waals surface area contributed by atoms with Crippen LogP contribution in [0.15, 0.2) is 83.9 Å². The van der Waals surface area contributed by atoms with E-state index in [4.69, 9.17) is 4.74 Å². The third-order valence-electron chi connectivity index (χ3n) is 4.47. The number of aromatic nitrogens is 2. The second-order valence-electron chi connectivity index (χ2n) is 6.68. The molecule has 6 heteroatoms. The Hall–Kier alpha value is -3.93. The number of nitrogens with zero attached hydrogens (tertiary/aromatic N) is 2. The summed E-state index contributed by atoms with van der Waals surface area (Å²) in [5.74, 6) is 0.147. The minimum absolute atomic E-state index is 0.337. The van der Waals surface area contributed by atoms with Crippen LogP contribution in [0.4, 0.5) is 0 Å². The molecule has 0 saturated carbocycles. The normalized spacial score (nSPS) is 10.7. The van der Waals surface area contributed by atoms with E-state index in [-0.39, 0.29) is 5.56 Å². The van der Waals surface area contributed by atoms with Crippen molar-refractivity contribution in [3.63, 3.8) is 0 Å². The average molecular weight is 385 g/mol. The van der Waals surface area contributed by atoms with Gasteiger partial charge in [0.05, 0.1) is 10.9 Å². The highest BCUT2D eigenvalue weighted by Crippen LogP contribution is 2.16. The van der Waals surface area contributed by atoms with Gasteiger partial charge in [0.2, 0.25) is 0 Å². The number of rotatable bonds is 5. The lowest BCUT2D eigenvalue weighted by atomic mass is 10.1. The fraction of sp³-hybridized carbons (Fsp3) is 0.0870. The molecule has 4 aromatic rings. The highest BCUT2D eigenvalue weighted by molar-refractivity contribution is 6.00. The number of para-hydroxylation sites is 1. The standard InChI is InChI=1S/C23H19N3O3/c1-16-6-4-7-17(12-16)14-29-19-9-5-8-18(13-19)22(27)25-26-15-24-21-11-3-2-10-20(21)23(26)28/h2-13,15H,14H2,1H3,(H,25,27). The molecule has 29 heavy (non-hydrogen) atoms. The van der Waals surface area contributed by atoms with E-state index >= 15 is 0 Å². The summed E-state index contributed by atoms with van der Waals surface area (Å²) in [5.41, 5.74) is 5.41. The van der Waals surface area contributed by atoms with Crippen molar-refractivity contribution in [1.82, 2.24) is 9.66 Å². The highest BCUT2D eigenvalue weighted by atomic mass is 16.5. The van der Waals surface area contributed by atoms with Gasteiger partial charge in [0.1, 0.15) is 18.7 Å². The Balaban J connectivity index is 1.50. The predicted molar refractivity (Wildman–Crippen MR) is 112 cm³/mol. The number of fused-ring (bicyclic) bond motifs is 1. The molecule has 0 saturated heterocycles. The zero-order valence-corrected chi connectivity index (χ0v) is 15.8. The smallest absolute Gasteiger partial charge is 0.280 e. The van der Waals surface area contributed by atoms with Crippen LogP contribution in [0.2, 0.25) is 0 Å². The van der Waals surface area contributed by atoms with Gasteiger partial charge in [-0.2, -0.15) is 0 Å². The number of nitrogens with one attached hydrogen (secondary N) is 1. The number of carbonyl (C=O) groups excluding carboxylic acids is 1. The van der Waals surface area contributed by atoms with Gasteiger partial charge in [-0.25, -0.2) is 9.66 Å². The first-order valence-electron chi connectivity index (χ1n) is 9.16. The monoisotopic (exact) mass is 385 g/mol. The summed E-state index contributed by atoms with van der Waals surface area (Å²) in [6.07, 6.45) is 1.31. The van der Waals surface area contributed by atoms with Gasteiger partial charge in [-0.3, -0.25) is 15.0 Å². The molecule has 1 amide bonds. The molecule has 0 bridgehead atoms. The summed E-state index contributed by atoms with van der Waals surface area (Å²) in [4.78, 5) is 29.4. The largest absolute Gasteiger partial charge is 0.489 e. The third kappa shape index (κ3) is 4.16. The quantitative estimate of drug-likeness (QED) is 0.569. The van der Waals surface area contributed by atoms with Crippen molar-refractivity contribution in [2.75, 3.05) is 5.43 Å². The summed E-state index contributed by atoms with van der Waals surface area (Å²) >= 11 is 0. The van der Waals surface area contributed by atoms with Crippen LogP contribution in [0.1, 0.15) is 21.5 Å². The maximum Gasteiger partial charge on any atom is 0.280 e. The number of carbonyl (C=O) groups is 1. The Labute approximate surface area is 167 Å². The first-order chi connectivity index (χ1) is 14.1. The van der Waals surface area contributed by atoms with Gasteiger partial charge in [0.15, 0.2) is 0 Å². The van der Waals surface area contributed by atoms with Crippen molar-refractivity contribution in [3.8, 4) is 5.75 Å². The molecule has 3 aromatic carbocycles. The summed E-state index contributed by atoms with van der Waals surface area (Å²) in [5, 5.41) is 0.436. The van der Waals surface area contributed by atoms with Crippen LogP contribution in [0.3, 0.4) is 0 Å². The summed E-state index contributed by atoms with van der Waals surface area (Å²) in [6, 6.07) is 21.9. The molecule has 1 heterocycles. The zero-order valence-electron chi connectivity index (χ0n) is 15.8. The van der Waals surface area contributed by atoms with Gasteiger partial charge >= 0.3 is 0 Å². The Morgan fingerprint density at radius 1 is 1.03 bits per heavy atom. The molecule has 1 aromatic heterocycles. The van der Waals surface area contributed by atoms with Crippen LogP contribution in [-0.4, -0.2) is 15.6 Å². The molecule has 0 fully saturated rings. The molecule has 0 spiro atoms. The average Bonchev–Trinajstić information content (AvgIpc) is 2.75. The lowest BCUT2D eigenvalue weighted by Crippen LogP contribution is -2.33. The van der Waals surface area contributed by atoms with Crippen LogP contribution >= 0.6 is 0 Å². The van der Waals surface area contributed by atoms with Crippen molar-refractivity contribution in [1.29, 1.82) is 0 Å². The molecule has 6 nitrogen and oxygen atoms in total. The first kappa shape index (κ1) is 18.4. The molecule has 0 aliphatic carbocycles. The Morgan fingerprint density at radius 3 is 2.72 bits per heavy atom. The summed E-state index contributed by atoms with van der Waals surface area (Å²) < 4.78 is 6.90. The van der Waals surface area contributed by atoms with Crippen LogP contribution in [0.5, 0.6) is 5.75 Å². The molecular weight excluding hydrogens is 366 g/mol. The summed E-state index contributed by atoms with van der Waals surface area (Å²) in [7, 11) is 0. The Morgan fingerprint density at radius 2 is 1.86 bits per heavy atom. The van der Waals surface area contributed by atoms with Gasteiger partial charge in [0.25, 0.3) is 11.5 Å². The van der Waals surface area contributed by atoms with E-state index in [9.17, 15) is 9.59 Å². The van der Waals surface area contributed by atoms with Gasteiger partial charge in [0, 0.05) is 5.56 Å². The van der Waals surface area contributed by atoms with Gasteiger partial charge in [-0.15, -0.1) is 0 Å². The highest BCUT2D eigenvalue weighted by Gasteiger charge is 2.10. The molecule has 0 aliphatic rings. The van der Waals surface area contributed by atoms with Crippen LogP contribution in [0.25, 0.3) is 10.9 Å². The number of ether oxygens (including phenoxy) is 1. The van der Waals surface area contributed by atoms with Crippen molar-refractivity contribution in [2.45, 2.75) is 13.5 Å². The van der Waals surface area contributed by atoms with E-state index in [0.29, 0.717) is 28.8 Å². The number of hydrogen-bond acceptors (Lipinski definition) is 4.